The molecule has 4 N–H and O–H groups in total. The fourth-order valence-electron chi connectivity index (χ4n) is 7.13. The third-order valence-electron chi connectivity index (χ3n) is 11.1. The Labute approximate surface area is 447 Å². The van der Waals surface area contributed by atoms with Crippen molar-refractivity contribution in [3.05, 3.63) is 158 Å². The fourth-order valence-corrected chi connectivity index (χ4v) is 7.64. The van der Waals surface area contributed by atoms with Crippen molar-refractivity contribution < 1.29 is 56.2 Å². The summed E-state index contributed by atoms with van der Waals surface area (Å²) < 4.78 is 59.3. The lowest BCUT2D eigenvalue weighted by Crippen LogP contribution is -2.60. The maximum absolute atomic E-state index is 12.9. The molecule has 416 valence electrons. The molecule has 0 aromatic heterocycles. The summed E-state index contributed by atoms with van der Waals surface area (Å²) in [7, 11) is -5.09. The van der Waals surface area contributed by atoms with Crippen LogP contribution in [0.25, 0.3) is 0 Å². The number of aliphatic hydroxyl groups excluding tert-OH is 3. The number of allylic oxidation sites excluding steroid dienone is 26. The predicted octanol–water partition coefficient (Wildman–Crippen LogP) is 13.4. The van der Waals surface area contributed by atoms with E-state index in [2.05, 4.69) is 170 Å². The van der Waals surface area contributed by atoms with Gasteiger partial charge in [0.05, 0.1) is 19.8 Å². The number of esters is 1. The molecule has 6 unspecified atom stereocenters. The summed E-state index contributed by atoms with van der Waals surface area (Å²) in [5, 5.41) is 30.8. The van der Waals surface area contributed by atoms with Gasteiger partial charge in [-0.1, -0.05) is 191 Å². The number of ether oxygens (including phenoxy) is 4. The quantitative estimate of drug-likeness (QED) is 0.0197. The highest BCUT2D eigenvalue weighted by Crippen LogP contribution is 2.26. The molecule has 0 aromatic carbocycles. The van der Waals surface area contributed by atoms with Crippen LogP contribution in [0.5, 0.6) is 0 Å². The minimum atomic E-state index is -5.09. The van der Waals surface area contributed by atoms with Gasteiger partial charge in [0.25, 0.3) is 0 Å². The molecule has 0 aromatic rings. The highest BCUT2D eigenvalue weighted by molar-refractivity contribution is 7.80. The van der Waals surface area contributed by atoms with Crippen LogP contribution < -0.4 is 0 Å². The molecule has 1 aliphatic rings. The first-order chi connectivity index (χ1) is 36.1. The van der Waals surface area contributed by atoms with E-state index in [1.165, 1.54) is 0 Å². The molecule has 0 aliphatic carbocycles. The van der Waals surface area contributed by atoms with Gasteiger partial charge in [-0.15, -0.1) is 0 Å². The number of rotatable bonds is 45. The lowest BCUT2D eigenvalue weighted by molar-refractivity contribution is -0.301. The minimum Gasteiger partial charge on any atom is -0.457 e. The molecule has 0 bridgehead atoms. The second-order valence-electron chi connectivity index (χ2n) is 17.7. The number of carbonyl (C=O) groups excluding carboxylic acids is 1. The average Bonchev–Trinajstić information content (AvgIpc) is 3.38. The molecule has 1 heterocycles. The number of aliphatic hydroxyl groups is 3. The van der Waals surface area contributed by atoms with Gasteiger partial charge >= 0.3 is 16.4 Å². The van der Waals surface area contributed by atoms with Crippen LogP contribution >= 0.6 is 0 Å². The largest absolute Gasteiger partial charge is 0.457 e. The molecule has 0 radical (unpaired) electrons. The van der Waals surface area contributed by atoms with Crippen molar-refractivity contribution in [3.8, 4) is 0 Å². The normalized spacial score (nSPS) is 20.0. The number of carbonyl (C=O) groups is 1. The van der Waals surface area contributed by atoms with E-state index < -0.39 is 59.8 Å². The van der Waals surface area contributed by atoms with E-state index in [9.17, 15) is 33.1 Å². The summed E-state index contributed by atoms with van der Waals surface area (Å²) in [4.78, 5) is 12.9. The van der Waals surface area contributed by atoms with E-state index in [-0.39, 0.29) is 19.6 Å². The Morgan fingerprint density at radius 3 is 1.30 bits per heavy atom. The first-order valence-electron chi connectivity index (χ1n) is 27.2. The van der Waals surface area contributed by atoms with Crippen LogP contribution in [0.2, 0.25) is 0 Å². The Hall–Kier alpha value is -4.28. The summed E-state index contributed by atoms with van der Waals surface area (Å²) in [6, 6.07) is 0. The smallest absolute Gasteiger partial charge is 0.397 e. The summed E-state index contributed by atoms with van der Waals surface area (Å²) in [5.41, 5.74) is 0. The summed E-state index contributed by atoms with van der Waals surface area (Å²) in [6.07, 6.45) is 67.0. The van der Waals surface area contributed by atoms with Crippen molar-refractivity contribution in [2.45, 2.75) is 192 Å². The van der Waals surface area contributed by atoms with Crippen LogP contribution in [0.1, 0.15) is 155 Å². The molecule has 0 spiro atoms. The third-order valence-corrected chi connectivity index (χ3v) is 11.6. The first-order valence-corrected chi connectivity index (χ1v) is 28.6. The van der Waals surface area contributed by atoms with Crippen molar-refractivity contribution in [2.75, 3.05) is 26.4 Å². The number of unbranched alkanes of at least 4 members (excludes halogenated alkanes) is 6. The average molecular weight is 1050 g/mol. The van der Waals surface area contributed by atoms with Crippen molar-refractivity contribution in [1.29, 1.82) is 0 Å². The molecule has 1 aliphatic heterocycles. The molecule has 0 amide bonds. The lowest BCUT2D eigenvalue weighted by atomic mass is 9.99. The SMILES string of the molecule is CC/C=C\C/C=C\C/C=C\C/C=C\C/C=C\C/C=C\C/C=C\CCCC(=O)OC(COCCCCCCC/C=C\C/C=C\C/C=C\C/C=C\C/C=C\C/C=C\CC)COC1OC(CO)C(O)C(OS(=O)(=O)O)C1O. The molecule has 74 heavy (non-hydrogen) atoms. The van der Waals surface area contributed by atoms with E-state index in [1.807, 2.05) is 6.08 Å². The van der Waals surface area contributed by atoms with E-state index in [4.69, 9.17) is 18.9 Å². The topological polar surface area (TPSA) is 178 Å². The standard InChI is InChI=1S/C61H94O12S/c1-3-5-7-9-11-13-15-17-19-21-23-25-27-29-31-33-35-37-39-41-43-45-47-49-51-69-53-55(54-70-61-59(65)60(73-74(66,67)68)58(64)56(52-62)72-61)71-57(63)50-48-46-44-42-40-38-36-34-32-30-28-26-24-22-20-18-16-14-12-10-8-6-4-2/h5-8,11-14,17-20,23-26,29-32,35-38,42,44,55-56,58-62,64-65H,3-4,9-10,15-16,21-22,27-28,33-34,39-41,43,45-54H2,1-2H3,(H,66,67,68)/b7-5-,8-6-,13-11-,14-12-,19-17-,20-18-,25-23-,26-24-,31-29-,32-30-,37-35-,38-36-,44-42-. The Balaban J connectivity index is 2.43. The van der Waals surface area contributed by atoms with Gasteiger partial charge in [-0.05, 0) is 116 Å². The molecular weight excluding hydrogens is 957 g/mol. The Morgan fingerprint density at radius 2 is 0.892 bits per heavy atom. The predicted molar refractivity (Wildman–Crippen MR) is 303 cm³/mol. The van der Waals surface area contributed by atoms with Crippen molar-refractivity contribution >= 4 is 16.4 Å². The Morgan fingerprint density at radius 1 is 0.514 bits per heavy atom. The highest BCUT2D eigenvalue weighted by atomic mass is 32.3. The van der Waals surface area contributed by atoms with Gasteiger partial charge in [0.2, 0.25) is 0 Å². The Bertz CT molecular complexity index is 1880. The van der Waals surface area contributed by atoms with Crippen LogP contribution in [0.15, 0.2) is 158 Å². The van der Waals surface area contributed by atoms with Gasteiger partial charge in [0.15, 0.2) is 6.29 Å². The lowest BCUT2D eigenvalue weighted by Gasteiger charge is -2.41. The third kappa shape index (κ3) is 42.0. The Kier molecular flexibility index (Phi) is 45.4. The van der Waals surface area contributed by atoms with E-state index in [0.717, 1.165) is 122 Å². The molecule has 1 fully saturated rings. The number of hydrogen-bond acceptors (Lipinski definition) is 11. The van der Waals surface area contributed by atoms with Gasteiger partial charge in [-0.2, -0.15) is 8.42 Å². The summed E-state index contributed by atoms with van der Waals surface area (Å²) in [5.74, 6) is -0.471. The molecule has 13 heteroatoms. The first kappa shape index (κ1) is 67.7. The number of hydrogen-bond donors (Lipinski definition) is 4. The zero-order chi connectivity index (χ0) is 53.8. The molecule has 0 saturated carbocycles. The second kappa shape index (κ2) is 49.6. The summed E-state index contributed by atoms with van der Waals surface area (Å²) >= 11 is 0. The van der Waals surface area contributed by atoms with Gasteiger partial charge in [0, 0.05) is 13.0 Å². The second-order valence-corrected chi connectivity index (χ2v) is 18.7. The van der Waals surface area contributed by atoms with Crippen LogP contribution in [-0.2, 0) is 38.3 Å². The van der Waals surface area contributed by atoms with Crippen LogP contribution in [0.3, 0.4) is 0 Å². The fraction of sp³-hybridized carbons (Fsp3) is 0.557. The van der Waals surface area contributed by atoms with Crippen LogP contribution in [-0.4, -0.2) is 97.5 Å². The minimum absolute atomic E-state index is 0.0138. The van der Waals surface area contributed by atoms with Gasteiger partial charge in [-0.3, -0.25) is 9.35 Å². The summed E-state index contributed by atoms with van der Waals surface area (Å²) in [6.45, 7) is 3.61. The molecule has 6 atom stereocenters. The van der Waals surface area contributed by atoms with Crippen LogP contribution in [0.4, 0.5) is 0 Å². The molecule has 1 saturated heterocycles. The van der Waals surface area contributed by atoms with Gasteiger partial charge < -0.3 is 34.3 Å². The van der Waals surface area contributed by atoms with Crippen molar-refractivity contribution in [2.24, 2.45) is 0 Å². The van der Waals surface area contributed by atoms with Gasteiger partial charge in [-0.25, -0.2) is 4.18 Å². The monoisotopic (exact) mass is 1050 g/mol. The molecular formula is C61H94O12S. The van der Waals surface area contributed by atoms with E-state index in [0.29, 0.717) is 19.4 Å². The maximum atomic E-state index is 12.9. The van der Waals surface area contributed by atoms with E-state index >= 15 is 0 Å². The molecule has 1 rings (SSSR count). The zero-order valence-electron chi connectivity index (χ0n) is 44.8. The van der Waals surface area contributed by atoms with Crippen molar-refractivity contribution in [1.82, 2.24) is 0 Å². The molecule has 12 nitrogen and oxygen atoms in total. The highest BCUT2D eigenvalue weighted by Gasteiger charge is 2.48. The van der Waals surface area contributed by atoms with E-state index in [1.54, 1.807) is 0 Å². The maximum Gasteiger partial charge on any atom is 0.397 e. The van der Waals surface area contributed by atoms with Crippen LogP contribution in [0, 0.1) is 0 Å². The van der Waals surface area contributed by atoms with Gasteiger partial charge in [0.1, 0.15) is 30.5 Å². The van der Waals surface area contributed by atoms with Crippen molar-refractivity contribution in [3.63, 3.8) is 0 Å². The zero-order valence-corrected chi connectivity index (χ0v) is 45.6.